The van der Waals surface area contributed by atoms with E-state index in [2.05, 4.69) is 32.3 Å². The number of urea groups is 1. The maximum Gasteiger partial charge on any atom is 0.323 e. The molecule has 140 valence electrons. The first-order valence-electron chi connectivity index (χ1n) is 9.29. The first kappa shape index (κ1) is 17.3. The molecule has 2 amide bonds. The van der Waals surface area contributed by atoms with Crippen LogP contribution >= 0.6 is 0 Å². The normalized spacial score (nSPS) is 16.2. The molecule has 0 unspecified atom stereocenters. The number of carbonyl (C=O) groups excluding carboxylic acids is 1. The van der Waals surface area contributed by atoms with E-state index in [-0.39, 0.29) is 12.1 Å². The number of aromatic nitrogens is 5. The molecule has 8 heteroatoms. The van der Waals surface area contributed by atoms with Crippen LogP contribution in [0.3, 0.4) is 0 Å². The van der Waals surface area contributed by atoms with Gasteiger partial charge in [0.2, 0.25) is 0 Å². The van der Waals surface area contributed by atoms with Gasteiger partial charge in [0.05, 0.1) is 18.2 Å². The molecular formula is C19H23N7O. The van der Waals surface area contributed by atoms with E-state index in [4.69, 9.17) is 0 Å². The van der Waals surface area contributed by atoms with Crippen LogP contribution in [0.1, 0.15) is 42.8 Å². The molecule has 1 aliphatic heterocycles. The highest BCUT2D eigenvalue weighted by Crippen LogP contribution is 2.33. The van der Waals surface area contributed by atoms with Gasteiger partial charge in [-0.2, -0.15) is 5.10 Å². The monoisotopic (exact) mass is 365 g/mol. The molecule has 1 atom stereocenters. The quantitative estimate of drug-likeness (QED) is 0.727. The maximum atomic E-state index is 13.1. The van der Waals surface area contributed by atoms with Crippen molar-refractivity contribution >= 4 is 11.8 Å². The second kappa shape index (κ2) is 7.61. The van der Waals surface area contributed by atoms with Gasteiger partial charge >= 0.3 is 6.03 Å². The minimum absolute atomic E-state index is 0.157. The zero-order chi connectivity index (χ0) is 18.6. The van der Waals surface area contributed by atoms with E-state index < -0.39 is 0 Å². The summed E-state index contributed by atoms with van der Waals surface area (Å²) >= 11 is 0. The number of aromatic amines is 1. The molecule has 0 bridgehead atoms. The van der Waals surface area contributed by atoms with E-state index in [1.54, 1.807) is 24.9 Å². The largest absolute Gasteiger partial charge is 0.348 e. The van der Waals surface area contributed by atoms with Gasteiger partial charge in [0.25, 0.3) is 0 Å². The molecule has 0 radical (unpaired) electrons. The zero-order valence-electron chi connectivity index (χ0n) is 15.3. The third kappa shape index (κ3) is 3.42. The van der Waals surface area contributed by atoms with Gasteiger partial charge in [-0.1, -0.05) is 19.4 Å². The third-order valence-corrected chi connectivity index (χ3v) is 4.86. The number of hydrogen-bond donors (Lipinski definition) is 2. The van der Waals surface area contributed by atoms with Gasteiger partial charge in [-0.25, -0.2) is 14.5 Å². The Bertz CT molecular complexity index is 902. The fourth-order valence-electron chi connectivity index (χ4n) is 3.48. The summed E-state index contributed by atoms with van der Waals surface area (Å²) in [6.45, 7) is 3.52. The average molecular weight is 365 g/mol. The van der Waals surface area contributed by atoms with Crippen molar-refractivity contribution in [2.75, 3.05) is 11.9 Å². The van der Waals surface area contributed by atoms with Crippen LogP contribution in [0, 0.1) is 0 Å². The smallest absolute Gasteiger partial charge is 0.323 e. The highest BCUT2D eigenvalue weighted by Gasteiger charge is 2.34. The highest BCUT2D eigenvalue weighted by atomic mass is 16.2. The standard InChI is InChI=1S/C19H23N7O/c1-2-3-10-26-16(6-9-23-26)24-19(27)25-11-7-15-17(22-13-21-15)18(25)14-5-4-8-20-12-14/h4-6,8-9,12-13,18H,2-3,7,10-11H2,1H3,(H,21,22)(H,24,27)/t18-/m0/s1. The first-order chi connectivity index (χ1) is 13.3. The molecule has 0 spiro atoms. The lowest BCUT2D eigenvalue weighted by molar-refractivity contribution is 0.192. The van der Waals surface area contributed by atoms with Crippen LogP contribution in [-0.2, 0) is 13.0 Å². The number of amides is 2. The van der Waals surface area contributed by atoms with Crippen molar-refractivity contribution in [3.8, 4) is 0 Å². The number of unbranched alkanes of at least 4 members (excludes halogenated alkanes) is 1. The van der Waals surface area contributed by atoms with E-state index in [0.717, 1.165) is 42.8 Å². The predicted molar refractivity (Wildman–Crippen MR) is 101 cm³/mol. The minimum Gasteiger partial charge on any atom is -0.348 e. The molecule has 2 N–H and O–H groups in total. The summed E-state index contributed by atoms with van der Waals surface area (Å²) in [5, 5.41) is 7.33. The van der Waals surface area contributed by atoms with E-state index in [1.807, 2.05) is 27.8 Å². The second-order valence-corrected chi connectivity index (χ2v) is 6.62. The minimum atomic E-state index is -0.263. The number of H-pyrrole nitrogens is 1. The predicted octanol–water partition coefficient (Wildman–Crippen LogP) is 2.98. The van der Waals surface area contributed by atoms with E-state index in [0.29, 0.717) is 12.4 Å². The van der Waals surface area contributed by atoms with Crippen molar-refractivity contribution in [1.82, 2.24) is 29.6 Å². The van der Waals surface area contributed by atoms with Crippen molar-refractivity contribution in [3.05, 3.63) is 60.1 Å². The number of rotatable bonds is 5. The fourth-order valence-corrected chi connectivity index (χ4v) is 3.48. The number of nitrogens with zero attached hydrogens (tertiary/aromatic N) is 5. The summed E-state index contributed by atoms with van der Waals surface area (Å²) in [6, 6.07) is 5.27. The third-order valence-electron chi connectivity index (χ3n) is 4.86. The van der Waals surface area contributed by atoms with Crippen molar-refractivity contribution in [2.45, 2.75) is 38.8 Å². The van der Waals surface area contributed by atoms with Gasteiger partial charge in [-0.15, -0.1) is 0 Å². The van der Waals surface area contributed by atoms with Crippen LogP contribution in [0.2, 0.25) is 0 Å². The summed E-state index contributed by atoms with van der Waals surface area (Å²) < 4.78 is 1.84. The Balaban J connectivity index is 1.60. The molecule has 3 aromatic rings. The van der Waals surface area contributed by atoms with Gasteiger partial charge in [-0.05, 0) is 18.1 Å². The SMILES string of the molecule is CCCCn1nccc1NC(=O)N1CCc2[nH]cnc2[C@@H]1c1cccnc1. The van der Waals surface area contributed by atoms with Gasteiger partial charge in [0.15, 0.2) is 0 Å². The molecule has 0 aliphatic carbocycles. The summed E-state index contributed by atoms with van der Waals surface area (Å²) in [7, 11) is 0. The summed E-state index contributed by atoms with van der Waals surface area (Å²) in [6.07, 6.45) is 9.76. The van der Waals surface area contributed by atoms with Gasteiger partial charge in [0, 0.05) is 43.7 Å². The first-order valence-corrected chi connectivity index (χ1v) is 9.29. The Morgan fingerprint density at radius 1 is 1.37 bits per heavy atom. The number of carbonyl (C=O) groups is 1. The van der Waals surface area contributed by atoms with Crippen molar-refractivity contribution in [2.24, 2.45) is 0 Å². The molecule has 4 rings (SSSR count). The van der Waals surface area contributed by atoms with Crippen LogP contribution in [0.4, 0.5) is 10.6 Å². The van der Waals surface area contributed by atoms with Crippen LogP contribution in [-0.4, -0.2) is 42.2 Å². The number of imidazole rings is 1. The molecule has 0 saturated carbocycles. The van der Waals surface area contributed by atoms with E-state index >= 15 is 0 Å². The lowest BCUT2D eigenvalue weighted by Gasteiger charge is -2.35. The summed E-state index contributed by atoms with van der Waals surface area (Å²) in [5.74, 6) is 0.714. The van der Waals surface area contributed by atoms with Gasteiger partial charge < -0.3 is 9.88 Å². The number of hydrogen-bond acceptors (Lipinski definition) is 4. The Morgan fingerprint density at radius 2 is 2.30 bits per heavy atom. The topological polar surface area (TPSA) is 91.7 Å². The van der Waals surface area contributed by atoms with Crippen molar-refractivity contribution < 1.29 is 4.79 Å². The van der Waals surface area contributed by atoms with Crippen LogP contribution < -0.4 is 5.32 Å². The van der Waals surface area contributed by atoms with Gasteiger partial charge in [-0.3, -0.25) is 10.3 Å². The van der Waals surface area contributed by atoms with Crippen LogP contribution in [0.25, 0.3) is 0 Å². The van der Waals surface area contributed by atoms with E-state index in [9.17, 15) is 4.79 Å². The molecular weight excluding hydrogens is 342 g/mol. The molecule has 0 fully saturated rings. The number of aryl methyl sites for hydroxylation is 1. The van der Waals surface area contributed by atoms with Crippen molar-refractivity contribution in [3.63, 3.8) is 0 Å². The lowest BCUT2D eigenvalue weighted by atomic mass is 9.97. The maximum absolute atomic E-state index is 13.1. The second-order valence-electron chi connectivity index (χ2n) is 6.62. The molecule has 1 aliphatic rings. The van der Waals surface area contributed by atoms with E-state index in [1.165, 1.54) is 0 Å². The fraction of sp³-hybridized carbons (Fsp3) is 0.368. The van der Waals surface area contributed by atoms with Crippen LogP contribution in [0.15, 0.2) is 43.1 Å². The number of pyridine rings is 1. The summed E-state index contributed by atoms with van der Waals surface area (Å²) in [4.78, 5) is 26.8. The number of fused-ring (bicyclic) bond motifs is 1. The Labute approximate surface area is 157 Å². The number of anilines is 1. The molecule has 27 heavy (non-hydrogen) atoms. The van der Waals surface area contributed by atoms with Gasteiger partial charge in [0.1, 0.15) is 11.9 Å². The van der Waals surface area contributed by atoms with Crippen LogP contribution in [0.5, 0.6) is 0 Å². The highest BCUT2D eigenvalue weighted by molar-refractivity contribution is 5.89. The Morgan fingerprint density at radius 3 is 3.11 bits per heavy atom. The lowest BCUT2D eigenvalue weighted by Crippen LogP contribution is -2.43. The molecule has 0 aromatic carbocycles. The average Bonchev–Trinajstić information content (AvgIpc) is 3.35. The summed E-state index contributed by atoms with van der Waals surface area (Å²) in [5.41, 5.74) is 2.89. The number of nitrogens with one attached hydrogen (secondary N) is 2. The molecule has 8 nitrogen and oxygen atoms in total. The molecule has 0 saturated heterocycles. The Kier molecular flexibility index (Phi) is 4.86. The zero-order valence-corrected chi connectivity index (χ0v) is 15.3. The van der Waals surface area contributed by atoms with Crippen molar-refractivity contribution in [1.29, 1.82) is 0 Å². The Hall–Kier alpha value is -3.16. The molecule has 4 heterocycles. The molecule has 3 aromatic heterocycles.